The molecule has 0 aromatic heterocycles. The average molecular weight is 212 g/mol. The lowest BCUT2D eigenvalue weighted by molar-refractivity contribution is 0.126. The Labute approximate surface area is 93.4 Å². The Morgan fingerprint density at radius 1 is 1.07 bits per heavy atom. The predicted octanol–water partition coefficient (Wildman–Crippen LogP) is 2.71. The Morgan fingerprint density at radius 3 is 1.87 bits per heavy atom. The quantitative estimate of drug-likeness (QED) is 0.690. The van der Waals surface area contributed by atoms with Gasteiger partial charge in [-0.3, -0.25) is 0 Å². The van der Waals surface area contributed by atoms with Gasteiger partial charge in [-0.15, -0.1) is 0 Å². The number of nitrogens with zero attached hydrogens (tertiary/aromatic N) is 2. The first-order valence-corrected chi connectivity index (χ1v) is 5.79. The van der Waals surface area contributed by atoms with E-state index in [-0.39, 0.29) is 17.1 Å². The molecule has 0 spiro atoms. The minimum Gasteiger partial charge on any atom is -0.318 e. The van der Waals surface area contributed by atoms with E-state index in [1.165, 1.54) is 0 Å². The van der Waals surface area contributed by atoms with Gasteiger partial charge < -0.3 is 9.80 Å². The van der Waals surface area contributed by atoms with E-state index in [9.17, 15) is 4.79 Å². The first kappa shape index (κ1) is 12.3. The Kier molecular flexibility index (Phi) is 3.04. The van der Waals surface area contributed by atoms with E-state index >= 15 is 0 Å². The van der Waals surface area contributed by atoms with Crippen LogP contribution in [0.2, 0.25) is 0 Å². The second kappa shape index (κ2) is 3.69. The van der Waals surface area contributed by atoms with Crippen LogP contribution in [-0.2, 0) is 0 Å². The maximum absolute atomic E-state index is 12.2. The van der Waals surface area contributed by atoms with E-state index in [0.717, 1.165) is 19.5 Å². The van der Waals surface area contributed by atoms with Gasteiger partial charge in [-0.2, -0.15) is 0 Å². The van der Waals surface area contributed by atoms with Gasteiger partial charge in [-0.25, -0.2) is 4.79 Å². The smallest absolute Gasteiger partial charge is 0.318 e. The van der Waals surface area contributed by atoms with Crippen LogP contribution in [0.4, 0.5) is 4.79 Å². The third-order valence-corrected chi connectivity index (χ3v) is 3.41. The van der Waals surface area contributed by atoms with Gasteiger partial charge in [0.2, 0.25) is 0 Å². The highest BCUT2D eigenvalue weighted by Crippen LogP contribution is 2.28. The molecule has 0 saturated carbocycles. The number of hydrogen-bond donors (Lipinski definition) is 0. The van der Waals surface area contributed by atoms with Crippen molar-refractivity contribution in [2.24, 2.45) is 0 Å². The molecule has 1 saturated heterocycles. The molecule has 0 unspecified atom stereocenters. The number of rotatable bonds is 2. The molecule has 0 N–H and O–H groups in total. The summed E-state index contributed by atoms with van der Waals surface area (Å²) in [6.45, 7) is 14.4. The number of amides is 2. The van der Waals surface area contributed by atoms with Crippen LogP contribution in [0, 0.1) is 0 Å². The van der Waals surface area contributed by atoms with Crippen molar-refractivity contribution in [1.82, 2.24) is 9.80 Å². The van der Waals surface area contributed by atoms with Crippen LogP contribution >= 0.6 is 0 Å². The van der Waals surface area contributed by atoms with Crippen molar-refractivity contribution in [3.8, 4) is 0 Å². The second-order valence-electron chi connectivity index (χ2n) is 5.92. The number of carbonyl (C=O) groups is 1. The van der Waals surface area contributed by atoms with Gasteiger partial charge in [0.25, 0.3) is 0 Å². The minimum absolute atomic E-state index is 0.0168. The summed E-state index contributed by atoms with van der Waals surface area (Å²) in [7, 11) is 0. The lowest BCUT2D eigenvalue weighted by atomic mass is 10.00. The van der Waals surface area contributed by atoms with Crippen LogP contribution in [0.15, 0.2) is 0 Å². The van der Waals surface area contributed by atoms with Gasteiger partial charge in [0.1, 0.15) is 0 Å². The lowest BCUT2D eigenvalue weighted by Crippen LogP contribution is -2.49. The molecule has 0 aliphatic carbocycles. The summed E-state index contributed by atoms with van der Waals surface area (Å²) in [6.07, 6.45) is 0.997. The molecule has 1 aliphatic rings. The fraction of sp³-hybridized carbons (Fsp3) is 0.917. The van der Waals surface area contributed by atoms with Crippen molar-refractivity contribution in [3.05, 3.63) is 0 Å². The Bertz CT molecular complexity index is 253. The predicted molar refractivity (Wildman–Crippen MR) is 62.9 cm³/mol. The molecular weight excluding hydrogens is 188 g/mol. The normalized spacial score (nSPS) is 18.9. The Balaban J connectivity index is 2.82. The monoisotopic (exact) mass is 212 g/mol. The zero-order valence-electron chi connectivity index (χ0n) is 10.9. The van der Waals surface area contributed by atoms with Crippen molar-refractivity contribution in [2.75, 3.05) is 13.1 Å². The van der Waals surface area contributed by atoms with E-state index in [1.54, 1.807) is 0 Å². The second-order valence-corrected chi connectivity index (χ2v) is 5.92. The molecule has 0 aromatic carbocycles. The third-order valence-electron chi connectivity index (χ3n) is 3.41. The topological polar surface area (TPSA) is 23.6 Å². The Hall–Kier alpha value is -0.730. The lowest BCUT2D eigenvalue weighted by Gasteiger charge is -2.37. The summed E-state index contributed by atoms with van der Waals surface area (Å²) in [6, 6.07) is 0.189. The zero-order valence-corrected chi connectivity index (χ0v) is 10.9. The first-order valence-electron chi connectivity index (χ1n) is 5.79. The number of carbonyl (C=O) groups excluding carboxylic acids is 1. The van der Waals surface area contributed by atoms with Crippen molar-refractivity contribution >= 4 is 6.03 Å². The van der Waals surface area contributed by atoms with Crippen LogP contribution < -0.4 is 0 Å². The van der Waals surface area contributed by atoms with E-state index < -0.39 is 0 Å². The summed E-state index contributed by atoms with van der Waals surface area (Å²) in [5.74, 6) is 0. The maximum Gasteiger partial charge on any atom is 0.321 e. The Morgan fingerprint density at radius 2 is 1.53 bits per heavy atom. The van der Waals surface area contributed by atoms with E-state index in [2.05, 4.69) is 41.5 Å². The van der Waals surface area contributed by atoms with Crippen LogP contribution in [-0.4, -0.2) is 40.0 Å². The van der Waals surface area contributed by atoms with Crippen molar-refractivity contribution < 1.29 is 4.79 Å². The minimum atomic E-state index is -0.0599. The molecule has 3 heteroatoms. The number of urea groups is 1. The SMILES string of the molecule is CCC(C)(C)N1CCN(C(C)(C)C)C1=O. The van der Waals surface area contributed by atoms with Gasteiger partial charge in [-0.1, -0.05) is 6.92 Å². The average Bonchev–Trinajstić information content (AvgIpc) is 2.46. The highest BCUT2D eigenvalue weighted by Gasteiger charge is 2.41. The molecule has 0 aromatic rings. The van der Waals surface area contributed by atoms with Gasteiger partial charge in [-0.05, 0) is 41.0 Å². The van der Waals surface area contributed by atoms with Gasteiger partial charge in [0.05, 0.1) is 0 Å². The molecule has 15 heavy (non-hydrogen) atoms. The highest BCUT2D eigenvalue weighted by molar-refractivity contribution is 5.78. The highest BCUT2D eigenvalue weighted by atomic mass is 16.2. The molecule has 1 aliphatic heterocycles. The molecule has 1 heterocycles. The van der Waals surface area contributed by atoms with Gasteiger partial charge >= 0.3 is 6.03 Å². The molecule has 2 amide bonds. The fourth-order valence-corrected chi connectivity index (χ4v) is 1.91. The fourth-order valence-electron chi connectivity index (χ4n) is 1.91. The summed E-state index contributed by atoms with van der Waals surface area (Å²) in [4.78, 5) is 16.2. The summed E-state index contributed by atoms with van der Waals surface area (Å²) >= 11 is 0. The van der Waals surface area contributed by atoms with Gasteiger partial charge in [0.15, 0.2) is 0 Å². The standard InChI is InChI=1S/C12H24N2O/c1-7-12(5,6)14-9-8-13(10(14)15)11(2,3)4/h7-9H2,1-6H3. The summed E-state index contributed by atoms with van der Waals surface area (Å²) < 4.78 is 0. The van der Waals surface area contributed by atoms with E-state index in [0.29, 0.717) is 0 Å². The summed E-state index contributed by atoms with van der Waals surface area (Å²) in [5.41, 5.74) is -0.0766. The largest absolute Gasteiger partial charge is 0.321 e. The molecule has 1 fully saturated rings. The molecule has 0 radical (unpaired) electrons. The van der Waals surface area contributed by atoms with Crippen LogP contribution in [0.3, 0.4) is 0 Å². The molecule has 88 valence electrons. The number of hydrogen-bond acceptors (Lipinski definition) is 1. The van der Waals surface area contributed by atoms with Gasteiger partial charge in [0, 0.05) is 24.2 Å². The van der Waals surface area contributed by atoms with Crippen LogP contribution in [0.5, 0.6) is 0 Å². The van der Waals surface area contributed by atoms with Crippen molar-refractivity contribution in [3.63, 3.8) is 0 Å². The molecular formula is C12H24N2O. The van der Waals surface area contributed by atoms with Crippen molar-refractivity contribution in [1.29, 1.82) is 0 Å². The summed E-state index contributed by atoms with van der Waals surface area (Å²) in [5, 5.41) is 0. The van der Waals surface area contributed by atoms with Crippen molar-refractivity contribution in [2.45, 2.75) is 59.0 Å². The maximum atomic E-state index is 12.2. The molecule has 0 bridgehead atoms. The first-order chi connectivity index (χ1) is 6.70. The molecule has 3 nitrogen and oxygen atoms in total. The molecule has 0 atom stereocenters. The molecule has 1 rings (SSSR count). The van der Waals surface area contributed by atoms with E-state index in [1.807, 2.05) is 9.80 Å². The van der Waals surface area contributed by atoms with Crippen LogP contribution in [0.1, 0.15) is 48.0 Å². The third kappa shape index (κ3) is 2.27. The van der Waals surface area contributed by atoms with E-state index in [4.69, 9.17) is 0 Å². The van der Waals surface area contributed by atoms with Crippen LogP contribution in [0.25, 0.3) is 0 Å². The zero-order chi connectivity index (χ0) is 11.9.